The number of aliphatic hydroxyl groups is 3. The predicted octanol–water partition coefficient (Wildman–Crippen LogP) is 3.11. The summed E-state index contributed by atoms with van der Waals surface area (Å²) in [5, 5.41) is 26.8. The van der Waals surface area contributed by atoms with Crippen LogP contribution in [0.1, 0.15) is 6.42 Å². The summed E-state index contributed by atoms with van der Waals surface area (Å²) in [6, 6.07) is 0. The number of rotatable bonds is 7. The van der Waals surface area contributed by atoms with E-state index >= 15 is 0 Å². The SMILES string of the molecule is C=CC(O)C/C=C/C=C/C(=C/C(=C)O)/C=C/O. The minimum atomic E-state index is -0.538. The third kappa shape index (κ3) is 8.96. The maximum atomic E-state index is 9.18. The van der Waals surface area contributed by atoms with Crippen molar-refractivity contribution in [2.24, 2.45) is 0 Å². The van der Waals surface area contributed by atoms with Gasteiger partial charge < -0.3 is 15.3 Å². The van der Waals surface area contributed by atoms with Crippen LogP contribution < -0.4 is 0 Å². The lowest BCUT2D eigenvalue weighted by molar-refractivity contribution is 0.227. The van der Waals surface area contributed by atoms with Gasteiger partial charge in [-0.15, -0.1) is 6.58 Å². The Kier molecular flexibility index (Phi) is 8.15. The van der Waals surface area contributed by atoms with Crippen LogP contribution in [0, 0.1) is 0 Å². The van der Waals surface area contributed by atoms with E-state index in [0.717, 1.165) is 6.26 Å². The fourth-order valence-electron chi connectivity index (χ4n) is 0.990. The lowest BCUT2D eigenvalue weighted by atomic mass is 10.2. The maximum absolute atomic E-state index is 9.18. The van der Waals surface area contributed by atoms with Crippen molar-refractivity contribution in [3.63, 3.8) is 0 Å². The Morgan fingerprint density at radius 2 is 1.94 bits per heavy atom. The third-order valence-corrected chi connectivity index (χ3v) is 1.79. The monoisotopic (exact) mass is 234 g/mol. The van der Waals surface area contributed by atoms with E-state index in [2.05, 4.69) is 13.2 Å². The van der Waals surface area contributed by atoms with Crippen molar-refractivity contribution < 1.29 is 15.3 Å². The Bertz CT molecular complexity index is 360. The molecule has 0 fully saturated rings. The molecule has 1 unspecified atom stereocenters. The Morgan fingerprint density at radius 1 is 1.24 bits per heavy atom. The second-order valence-corrected chi connectivity index (χ2v) is 3.28. The molecule has 0 radical (unpaired) electrons. The zero-order chi connectivity index (χ0) is 13.1. The van der Waals surface area contributed by atoms with Gasteiger partial charge in [-0.05, 0) is 24.1 Å². The van der Waals surface area contributed by atoms with Gasteiger partial charge in [-0.25, -0.2) is 0 Å². The molecule has 0 aromatic rings. The molecule has 0 aliphatic heterocycles. The number of allylic oxidation sites excluding steroid dienone is 6. The number of aliphatic hydroxyl groups excluding tert-OH is 3. The van der Waals surface area contributed by atoms with Gasteiger partial charge in [0, 0.05) is 0 Å². The van der Waals surface area contributed by atoms with Gasteiger partial charge in [-0.1, -0.05) is 37.0 Å². The molecule has 17 heavy (non-hydrogen) atoms. The maximum Gasteiger partial charge on any atom is 0.109 e. The van der Waals surface area contributed by atoms with Gasteiger partial charge in [0.05, 0.1) is 12.4 Å². The molecule has 0 aromatic heterocycles. The molecule has 0 spiro atoms. The largest absolute Gasteiger partial charge is 0.516 e. The highest BCUT2D eigenvalue weighted by Crippen LogP contribution is 2.03. The van der Waals surface area contributed by atoms with E-state index < -0.39 is 6.10 Å². The van der Waals surface area contributed by atoms with Gasteiger partial charge in [0.15, 0.2) is 0 Å². The molecule has 0 saturated heterocycles. The minimum Gasteiger partial charge on any atom is -0.516 e. The van der Waals surface area contributed by atoms with Crippen LogP contribution >= 0.6 is 0 Å². The third-order valence-electron chi connectivity index (χ3n) is 1.79. The summed E-state index contributed by atoms with van der Waals surface area (Å²) >= 11 is 0. The normalized spacial score (nSPS) is 14.8. The summed E-state index contributed by atoms with van der Waals surface area (Å²) in [5.74, 6) is -0.0891. The van der Waals surface area contributed by atoms with Gasteiger partial charge in [0.25, 0.3) is 0 Å². The highest BCUT2D eigenvalue weighted by atomic mass is 16.3. The van der Waals surface area contributed by atoms with Crippen LogP contribution in [-0.4, -0.2) is 21.4 Å². The smallest absolute Gasteiger partial charge is 0.109 e. The summed E-state index contributed by atoms with van der Waals surface area (Å²) in [6.07, 6.45) is 12.1. The summed E-state index contributed by atoms with van der Waals surface area (Å²) in [7, 11) is 0. The summed E-state index contributed by atoms with van der Waals surface area (Å²) in [6.45, 7) is 6.78. The Hall–Kier alpha value is -2.00. The first-order valence-electron chi connectivity index (χ1n) is 5.14. The van der Waals surface area contributed by atoms with Gasteiger partial charge in [0.2, 0.25) is 0 Å². The molecule has 3 N–H and O–H groups in total. The van der Waals surface area contributed by atoms with Gasteiger partial charge >= 0.3 is 0 Å². The number of hydrogen-bond donors (Lipinski definition) is 3. The highest BCUT2D eigenvalue weighted by molar-refractivity contribution is 5.35. The Balaban J connectivity index is 4.37. The molecule has 0 aromatic carbocycles. The average molecular weight is 234 g/mol. The van der Waals surface area contributed by atoms with E-state index in [9.17, 15) is 5.11 Å². The van der Waals surface area contributed by atoms with Gasteiger partial charge in [-0.2, -0.15) is 0 Å². The van der Waals surface area contributed by atoms with Crippen LogP contribution in [0.3, 0.4) is 0 Å². The lowest BCUT2D eigenvalue weighted by Gasteiger charge is -1.96. The molecule has 3 heteroatoms. The molecule has 0 saturated carbocycles. The molecule has 0 aliphatic rings. The van der Waals surface area contributed by atoms with Crippen LogP contribution in [0.15, 0.2) is 73.3 Å². The van der Waals surface area contributed by atoms with Crippen LogP contribution in [0.5, 0.6) is 0 Å². The first-order valence-corrected chi connectivity index (χ1v) is 5.14. The molecule has 0 amide bonds. The van der Waals surface area contributed by atoms with E-state index in [1.54, 1.807) is 24.3 Å². The first-order chi connectivity index (χ1) is 8.10. The van der Waals surface area contributed by atoms with Gasteiger partial charge in [-0.3, -0.25) is 0 Å². The summed E-state index contributed by atoms with van der Waals surface area (Å²) in [4.78, 5) is 0. The predicted molar refractivity (Wildman–Crippen MR) is 70.7 cm³/mol. The van der Waals surface area contributed by atoms with E-state index in [1.165, 1.54) is 18.2 Å². The molecule has 0 bridgehead atoms. The van der Waals surface area contributed by atoms with E-state index in [1.807, 2.05) is 0 Å². The van der Waals surface area contributed by atoms with Crippen LogP contribution in [0.4, 0.5) is 0 Å². The van der Waals surface area contributed by atoms with E-state index in [4.69, 9.17) is 10.2 Å². The van der Waals surface area contributed by atoms with Gasteiger partial charge in [0.1, 0.15) is 5.76 Å². The standard InChI is InChI=1S/C14H18O3/c1-3-14(17)8-6-4-5-7-13(9-10-15)11-12(2)16/h3-7,9-11,14-17H,1-2,8H2/b6-4+,7-5+,10-9+,13-11-. The van der Waals surface area contributed by atoms with Crippen molar-refractivity contribution in [3.8, 4) is 0 Å². The molecule has 0 rings (SSSR count). The number of hydrogen-bond acceptors (Lipinski definition) is 3. The van der Waals surface area contributed by atoms with E-state index in [0.29, 0.717) is 12.0 Å². The fourth-order valence-corrected chi connectivity index (χ4v) is 0.990. The van der Waals surface area contributed by atoms with Crippen molar-refractivity contribution in [1.29, 1.82) is 0 Å². The van der Waals surface area contributed by atoms with E-state index in [-0.39, 0.29) is 5.76 Å². The Morgan fingerprint density at radius 3 is 2.47 bits per heavy atom. The zero-order valence-electron chi connectivity index (χ0n) is 9.66. The molecule has 92 valence electrons. The molecular formula is C14H18O3. The van der Waals surface area contributed by atoms with Crippen LogP contribution in [0.2, 0.25) is 0 Å². The van der Waals surface area contributed by atoms with Crippen LogP contribution in [0.25, 0.3) is 0 Å². The topological polar surface area (TPSA) is 60.7 Å². The first kappa shape index (κ1) is 15.0. The van der Waals surface area contributed by atoms with Crippen molar-refractivity contribution >= 4 is 0 Å². The molecular weight excluding hydrogens is 216 g/mol. The summed E-state index contributed by atoms with van der Waals surface area (Å²) < 4.78 is 0. The summed E-state index contributed by atoms with van der Waals surface area (Å²) in [5.41, 5.74) is 0.605. The van der Waals surface area contributed by atoms with Crippen molar-refractivity contribution in [2.75, 3.05) is 0 Å². The molecule has 0 aliphatic carbocycles. The Labute approximate surface area is 102 Å². The lowest BCUT2D eigenvalue weighted by Crippen LogP contribution is -1.97. The second-order valence-electron chi connectivity index (χ2n) is 3.28. The average Bonchev–Trinajstić information content (AvgIpc) is 2.27. The highest BCUT2D eigenvalue weighted by Gasteiger charge is 1.91. The quantitative estimate of drug-likeness (QED) is 0.360. The van der Waals surface area contributed by atoms with Crippen molar-refractivity contribution in [1.82, 2.24) is 0 Å². The van der Waals surface area contributed by atoms with Crippen molar-refractivity contribution in [2.45, 2.75) is 12.5 Å². The zero-order valence-corrected chi connectivity index (χ0v) is 9.66. The molecule has 0 heterocycles. The molecule has 3 nitrogen and oxygen atoms in total. The fraction of sp³-hybridized carbons (Fsp3) is 0.143. The second kappa shape index (κ2) is 9.24. The van der Waals surface area contributed by atoms with Crippen molar-refractivity contribution in [3.05, 3.63) is 73.3 Å². The van der Waals surface area contributed by atoms with Crippen LogP contribution in [-0.2, 0) is 0 Å². The minimum absolute atomic E-state index is 0.0891. The molecule has 1 atom stereocenters.